The van der Waals surface area contributed by atoms with Gasteiger partial charge >= 0.3 is 11.5 Å². The number of halogens is 4. The van der Waals surface area contributed by atoms with Crippen LogP contribution in [0.15, 0.2) is 41.4 Å². The molecule has 0 saturated carbocycles. The predicted molar refractivity (Wildman–Crippen MR) is 90.1 cm³/mol. The second-order valence-electron chi connectivity index (χ2n) is 5.88. The second kappa shape index (κ2) is 7.30. The van der Waals surface area contributed by atoms with Gasteiger partial charge in [-0.1, -0.05) is 34.1 Å². The molecule has 0 amide bonds. The number of allylic oxidation sites excluding steroid dienone is 1. The van der Waals surface area contributed by atoms with Crippen molar-refractivity contribution in [2.24, 2.45) is 0 Å². The molecule has 0 aliphatic rings. The SMILES string of the molecule is C=CCC(SC(F)(F)F)(C(=O)OC(C)(C)C)c1ccc(Br)cc1. The lowest BCUT2D eigenvalue weighted by molar-refractivity contribution is -0.158. The van der Waals surface area contributed by atoms with Gasteiger partial charge in [0.2, 0.25) is 0 Å². The van der Waals surface area contributed by atoms with Crippen LogP contribution >= 0.6 is 27.7 Å². The Bertz CT molecular complexity index is 564. The van der Waals surface area contributed by atoms with Crippen molar-refractivity contribution >= 4 is 33.7 Å². The first-order chi connectivity index (χ1) is 10.4. The first-order valence-electron chi connectivity index (χ1n) is 6.77. The van der Waals surface area contributed by atoms with E-state index in [4.69, 9.17) is 4.74 Å². The van der Waals surface area contributed by atoms with E-state index in [1.807, 2.05) is 0 Å². The molecule has 0 radical (unpaired) electrons. The maximum Gasteiger partial charge on any atom is 0.443 e. The van der Waals surface area contributed by atoms with Crippen molar-refractivity contribution in [1.82, 2.24) is 0 Å². The largest absolute Gasteiger partial charge is 0.459 e. The van der Waals surface area contributed by atoms with Gasteiger partial charge in [0.25, 0.3) is 0 Å². The van der Waals surface area contributed by atoms with E-state index in [9.17, 15) is 18.0 Å². The van der Waals surface area contributed by atoms with Gasteiger partial charge in [-0.05, 0) is 56.7 Å². The molecule has 128 valence electrons. The average Bonchev–Trinajstić information content (AvgIpc) is 2.35. The Morgan fingerprint density at radius 3 is 2.17 bits per heavy atom. The molecule has 0 aliphatic heterocycles. The number of esters is 1. The highest BCUT2D eigenvalue weighted by molar-refractivity contribution is 9.10. The van der Waals surface area contributed by atoms with Crippen LogP contribution in [-0.4, -0.2) is 17.1 Å². The van der Waals surface area contributed by atoms with E-state index >= 15 is 0 Å². The predicted octanol–water partition coefficient (Wildman–Crippen LogP) is 5.82. The van der Waals surface area contributed by atoms with Crippen molar-refractivity contribution in [1.29, 1.82) is 0 Å². The van der Waals surface area contributed by atoms with Gasteiger partial charge < -0.3 is 4.74 Å². The molecule has 0 fully saturated rings. The third kappa shape index (κ3) is 5.88. The molecule has 0 heterocycles. The van der Waals surface area contributed by atoms with E-state index in [1.54, 1.807) is 32.9 Å². The zero-order valence-electron chi connectivity index (χ0n) is 13.0. The third-order valence-corrected chi connectivity index (χ3v) is 4.44. The first kappa shape index (κ1) is 20.1. The fourth-order valence-corrected chi connectivity index (χ4v) is 3.18. The summed E-state index contributed by atoms with van der Waals surface area (Å²) in [6, 6.07) is 6.15. The maximum absolute atomic E-state index is 13.1. The van der Waals surface area contributed by atoms with Crippen LogP contribution in [0.1, 0.15) is 32.8 Å². The maximum atomic E-state index is 13.1. The molecule has 7 heteroatoms. The van der Waals surface area contributed by atoms with Crippen LogP contribution in [0.5, 0.6) is 0 Å². The number of carbonyl (C=O) groups is 1. The number of alkyl halides is 3. The number of carbonyl (C=O) groups excluding carboxylic acids is 1. The van der Waals surface area contributed by atoms with Crippen LogP contribution in [0, 0.1) is 0 Å². The van der Waals surface area contributed by atoms with Crippen LogP contribution in [-0.2, 0) is 14.3 Å². The molecule has 0 spiro atoms. The van der Waals surface area contributed by atoms with E-state index in [0.29, 0.717) is 4.47 Å². The molecule has 0 saturated heterocycles. The summed E-state index contributed by atoms with van der Waals surface area (Å²) >= 11 is 2.85. The molecule has 2 nitrogen and oxygen atoms in total. The van der Waals surface area contributed by atoms with Crippen molar-refractivity contribution in [3.63, 3.8) is 0 Å². The summed E-state index contributed by atoms with van der Waals surface area (Å²) in [6.07, 6.45) is 1.10. The molecule has 0 N–H and O–H groups in total. The van der Waals surface area contributed by atoms with Crippen LogP contribution in [0.2, 0.25) is 0 Å². The van der Waals surface area contributed by atoms with Crippen molar-refractivity contribution in [3.05, 3.63) is 47.0 Å². The van der Waals surface area contributed by atoms with Gasteiger partial charge in [0, 0.05) is 4.47 Å². The van der Waals surface area contributed by atoms with Crippen molar-refractivity contribution < 1.29 is 22.7 Å². The molecule has 0 aromatic heterocycles. The number of rotatable bonds is 5. The van der Waals surface area contributed by atoms with Crippen LogP contribution in [0.3, 0.4) is 0 Å². The second-order valence-corrected chi connectivity index (χ2v) is 8.16. The van der Waals surface area contributed by atoms with Crippen molar-refractivity contribution in [3.8, 4) is 0 Å². The Balaban J connectivity index is 3.44. The quantitative estimate of drug-likeness (QED) is 0.452. The van der Waals surface area contributed by atoms with Crippen LogP contribution in [0.25, 0.3) is 0 Å². The highest BCUT2D eigenvalue weighted by Crippen LogP contribution is 2.50. The average molecular weight is 411 g/mol. The number of ether oxygens (including phenoxy) is 1. The van der Waals surface area contributed by atoms with E-state index < -0.39 is 21.8 Å². The number of benzene rings is 1. The summed E-state index contributed by atoms with van der Waals surface area (Å²) in [6.45, 7) is 8.34. The zero-order valence-corrected chi connectivity index (χ0v) is 15.4. The summed E-state index contributed by atoms with van der Waals surface area (Å²) < 4.78 is 43.5. The third-order valence-electron chi connectivity index (χ3n) is 2.76. The van der Waals surface area contributed by atoms with E-state index in [2.05, 4.69) is 22.5 Å². The topological polar surface area (TPSA) is 26.3 Å². The van der Waals surface area contributed by atoms with Crippen molar-refractivity contribution in [2.45, 2.75) is 43.0 Å². The molecular formula is C16H18BrF3O2S. The van der Waals surface area contributed by atoms with Gasteiger partial charge in [-0.25, -0.2) is 0 Å². The Hall–Kier alpha value is -0.950. The first-order valence-corrected chi connectivity index (χ1v) is 8.38. The van der Waals surface area contributed by atoms with Crippen LogP contribution < -0.4 is 0 Å². The number of hydrogen-bond acceptors (Lipinski definition) is 3. The summed E-state index contributed by atoms with van der Waals surface area (Å²) in [4.78, 5) is 12.6. The Morgan fingerprint density at radius 1 is 1.26 bits per heavy atom. The molecular weight excluding hydrogens is 393 g/mol. The van der Waals surface area contributed by atoms with Crippen LogP contribution in [0.4, 0.5) is 13.2 Å². The van der Waals surface area contributed by atoms with Gasteiger partial charge in [-0.15, -0.1) is 6.58 Å². The molecule has 1 aromatic rings. The Morgan fingerprint density at radius 2 is 1.78 bits per heavy atom. The van der Waals surface area contributed by atoms with Gasteiger partial charge in [0.05, 0.1) is 0 Å². The lowest BCUT2D eigenvalue weighted by atomic mass is 9.94. The highest BCUT2D eigenvalue weighted by atomic mass is 79.9. The fourth-order valence-electron chi connectivity index (χ4n) is 1.94. The standard InChI is InChI=1S/C16H18BrF3O2S/c1-5-10-15(23-16(18,19)20,13(21)22-14(2,3)4)11-6-8-12(17)9-7-11/h5-9H,1,10H2,2-4H3. The molecule has 1 rings (SSSR count). The Kier molecular flexibility index (Phi) is 6.38. The normalized spacial score (nSPS) is 14.9. The number of hydrogen-bond donors (Lipinski definition) is 0. The summed E-state index contributed by atoms with van der Waals surface area (Å²) in [5.41, 5.74) is -5.28. The Labute approximate surface area is 146 Å². The highest BCUT2D eigenvalue weighted by Gasteiger charge is 2.51. The van der Waals surface area contributed by atoms with E-state index in [0.717, 1.165) is 0 Å². The van der Waals surface area contributed by atoms with E-state index in [-0.39, 0.29) is 23.7 Å². The molecule has 1 aromatic carbocycles. The molecule has 23 heavy (non-hydrogen) atoms. The minimum atomic E-state index is -4.60. The van der Waals surface area contributed by atoms with Gasteiger partial charge in [-0.2, -0.15) is 13.2 Å². The van der Waals surface area contributed by atoms with Crippen molar-refractivity contribution in [2.75, 3.05) is 0 Å². The molecule has 0 aliphatic carbocycles. The molecule has 1 atom stereocenters. The van der Waals surface area contributed by atoms with Gasteiger partial charge in [0.15, 0.2) is 0 Å². The smallest absolute Gasteiger partial charge is 0.443 e. The fraction of sp³-hybridized carbons (Fsp3) is 0.438. The molecule has 1 unspecified atom stereocenters. The lowest BCUT2D eigenvalue weighted by Crippen LogP contribution is -2.40. The van der Waals surface area contributed by atoms with Gasteiger partial charge in [0.1, 0.15) is 10.3 Å². The summed E-state index contributed by atoms with van der Waals surface area (Å²) in [5, 5.41) is 0. The summed E-state index contributed by atoms with van der Waals surface area (Å²) in [5.74, 6) is -0.936. The minimum Gasteiger partial charge on any atom is -0.459 e. The summed E-state index contributed by atoms with van der Waals surface area (Å²) in [7, 11) is 0. The van der Waals surface area contributed by atoms with E-state index in [1.165, 1.54) is 18.2 Å². The van der Waals surface area contributed by atoms with Gasteiger partial charge in [-0.3, -0.25) is 4.79 Å². The monoisotopic (exact) mass is 410 g/mol. The molecule has 0 bridgehead atoms. The lowest BCUT2D eigenvalue weighted by Gasteiger charge is -2.34. The zero-order chi connectivity index (χ0) is 17.9. The number of thioether (sulfide) groups is 1. The minimum absolute atomic E-state index is 0.201.